The molecule has 9 heteroatoms. The van der Waals surface area contributed by atoms with Crippen LogP contribution in [-0.2, 0) is 0 Å². The molecule has 0 radical (unpaired) electrons. The standard InChI is InChI=1S/C15H9N3O6/c19-15(16-9-1-3-10(4-2-9)17(20)21)13-8-24-14-6-5-11(18(22)23)7-12(13)14/h1-8H,(H,16,19). The van der Waals surface area contributed by atoms with Gasteiger partial charge in [0.15, 0.2) is 0 Å². The minimum Gasteiger partial charge on any atom is -0.463 e. The predicted octanol–water partition coefficient (Wildman–Crippen LogP) is 3.50. The zero-order valence-electron chi connectivity index (χ0n) is 12.0. The number of hydrogen-bond acceptors (Lipinski definition) is 6. The lowest BCUT2D eigenvalue weighted by molar-refractivity contribution is -0.385. The molecule has 1 aromatic heterocycles. The van der Waals surface area contributed by atoms with Gasteiger partial charge in [0, 0.05) is 35.3 Å². The molecule has 2 aromatic carbocycles. The number of amides is 1. The summed E-state index contributed by atoms with van der Waals surface area (Å²) in [7, 11) is 0. The van der Waals surface area contributed by atoms with Crippen molar-refractivity contribution in [3.05, 3.63) is 74.5 Å². The average molecular weight is 327 g/mol. The molecular formula is C15H9N3O6. The smallest absolute Gasteiger partial charge is 0.270 e. The van der Waals surface area contributed by atoms with Crippen molar-refractivity contribution in [3.8, 4) is 0 Å². The number of fused-ring (bicyclic) bond motifs is 1. The molecule has 0 aliphatic rings. The molecule has 0 aliphatic heterocycles. The molecule has 0 spiro atoms. The van der Waals surface area contributed by atoms with Crippen LogP contribution in [-0.4, -0.2) is 15.8 Å². The van der Waals surface area contributed by atoms with Crippen LogP contribution in [0.3, 0.4) is 0 Å². The first kappa shape index (κ1) is 15.2. The van der Waals surface area contributed by atoms with Crippen molar-refractivity contribution in [2.75, 3.05) is 5.32 Å². The Hall–Kier alpha value is -3.75. The second-order valence-corrected chi connectivity index (χ2v) is 4.85. The highest BCUT2D eigenvalue weighted by molar-refractivity contribution is 6.12. The summed E-state index contributed by atoms with van der Waals surface area (Å²) < 4.78 is 5.22. The highest BCUT2D eigenvalue weighted by atomic mass is 16.6. The molecule has 1 N–H and O–H groups in total. The highest BCUT2D eigenvalue weighted by Gasteiger charge is 2.17. The summed E-state index contributed by atoms with van der Waals surface area (Å²) in [6, 6.07) is 9.24. The van der Waals surface area contributed by atoms with Crippen molar-refractivity contribution in [3.63, 3.8) is 0 Å². The van der Waals surface area contributed by atoms with Crippen molar-refractivity contribution in [1.82, 2.24) is 0 Å². The predicted molar refractivity (Wildman–Crippen MR) is 83.9 cm³/mol. The van der Waals surface area contributed by atoms with Crippen molar-refractivity contribution in [1.29, 1.82) is 0 Å². The van der Waals surface area contributed by atoms with E-state index < -0.39 is 15.8 Å². The van der Waals surface area contributed by atoms with Crippen LogP contribution in [0.5, 0.6) is 0 Å². The fourth-order valence-electron chi connectivity index (χ4n) is 2.17. The molecule has 0 bridgehead atoms. The summed E-state index contributed by atoms with van der Waals surface area (Å²) >= 11 is 0. The summed E-state index contributed by atoms with van der Waals surface area (Å²) in [5.74, 6) is -0.539. The molecule has 9 nitrogen and oxygen atoms in total. The fraction of sp³-hybridized carbons (Fsp3) is 0. The number of anilines is 1. The summed E-state index contributed by atoms with van der Waals surface area (Å²) in [5, 5.41) is 24.3. The molecule has 120 valence electrons. The molecule has 3 aromatic rings. The number of nitrogens with one attached hydrogen (secondary N) is 1. The SMILES string of the molecule is O=C(Nc1ccc([N+](=O)[O-])cc1)c1coc2ccc([N+](=O)[O-])cc12. The Kier molecular flexibility index (Phi) is 3.66. The van der Waals surface area contributed by atoms with E-state index in [1.165, 1.54) is 48.7 Å². The fourth-order valence-corrected chi connectivity index (χ4v) is 2.17. The van der Waals surface area contributed by atoms with Gasteiger partial charge in [0.1, 0.15) is 11.8 Å². The Bertz CT molecular complexity index is 961. The number of furan rings is 1. The molecule has 24 heavy (non-hydrogen) atoms. The number of nitrogens with zero attached hydrogens (tertiary/aromatic N) is 2. The van der Waals surface area contributed by atoms with Crippen molar-refractivity contribution in [2.45, 2.75) is 0 Å². The Labute approximate surface area is 133 Å². The van der Waals surface area contributed by atoms with Crippen LogP contribution in [0.4, 0.5) is 17.1 Å². The monoisotopic (exact) mass is 327 g/mol. The minimum atomic E-state index is -0.565. The van der Waals surface area contributed by atoms with E-state index in [4.69, 9.17) is 4.42 Å². The first-order chi connectivity index (χ1) is 11.5. The third-order valence-electron chi connectivity index (χ3n) is 3.35. The van der Waals surface area contributed by atoms with Gasteiger partial charge in [-0.1, -0.05) is 0 Å². The van der Waals surface area contributed by atoms with E-state index in [0.29, 0.717) is 16.7 Å². The number of hydrogen-bond donors (Lipinski definition) is 1. The zero-order chi connectivity index (χ0) is 17.3. The Morgan fingerprint density at radius 3 is 2.21 bits per heavy atom. The molecule has 3 rings (SSSR count). The van der Waals surface area contributed by atoms with Crippen LogP contribution in [0.2, 0.25) is 0 Å². The Morgan fingerprint density at radius 1 is 0.958 bits per heavy atom. The summed E-state index contributed by atoms with van der Waals surface area (Å²) in [5.41, 5.74) is 0.567. The van der Waals surface area contributed by atoms with Gasteiger partial charge in [-0.05, 0) is 18.2 Å². The maximum absolute atomic E-state index is 12.3. The quantitative estimate of drug-likeness (QED) is 0.576. The van der Waals surface area contributed by atoms with Gasteiger partial charge in [-0.2, -0.15) is 0 Å². The second kappa shape index (κ2) is 5.80. The Balaban J connectivity index is 1.89. The van der Waals surface area contributed by atoms with E-state index in [2.05, 4.69) is 5.32 Å². The van der Waals surface area contributed by atoms with Gasteiger partial charge in [-0.15, -0.1) is 0 Å². The highest BCUT2D eigenvalue weighted by Crippen LogP contribution is 2.26. The van der Waals surface area contributed by atoms with Crippen LogP contribution >= 0.6 is 0 Å². The number of carbonyl (C=O) groups excluding carboxylic acids is 1. The lowest BCUT2D eigenvalue weighted by atomic mass is 10.1. The Morgan fingerprint density at radius 2 is 1.58 bits per heavy atom. The summed E-state index contributed by atoms with van der Waals surface area (Å²) in [6.07, 6.45) is 1.20. The van der Waals surface area contributed by atoms with Gasteiger partial charge in [-0.3, -0.25) is 25.0 Å². The molecule has 0 fully saturated rings. The zero-order valence-corrected chi connectivity index (χ0v) is 12.0. The second-order valence-electron chi connectivity index (χ2n) is 4.85. The van der Waals surface area contributed by atoms with Crippen LogP contribution in [0.15, 0.2) is 53.1 Å². The van der Waals surface area contributed by atoms with E-state index in [0.717, 1.165) is 0 Å². The van der Waals surface area contributed by atoms with Gasteiger partial charge in [0.05, 0.1) is 15.4 Å². The molecule has 1 amide bonds. The maximum atomic E-state index is 12.3. The number of carbonyl (C=O) groups is 1. The van der Waals surface area contributed by atoms with Gasteiger partial charge < -0.3 is 9.73 Å². The molecule has 0 atom stereocenters. The van der Waals surface area contributed by atoms with Crippen LogP contribution in [0.25, 0.3) is 11.0 Å². The molecule has 0 saturated carbocycles. The number of nitro groups is 2. The van der Waals surface area contributed by atoms with Crippen molar-refractivity contribution < 1.29 is 19.1 Å². The molecule has 0 unspecified atom stereocenters. The molecular weight excluding hydrogens is 318 g/mol. The normalized spacial score (nSPS) is 10.5. The van der Waals surface area contributed by atoms with E-state index in [9.17, 15) is 25.0 Å². The number of nitro benzene ring substituents is 2. The topological polar surface area (TPSA) is 129 Å². The third-order valence-corrected chi connectivity index (χ3v) is 3.35. The summed E-state index contributed by atoms with van der Waals surface area (Å²) in [4.78, 5) is 32.7. The minimum absolute atomic E-state index is 0.0996. The van der Waals surface area contributed by atoms with Gasteiger partial charge in [-0.25, -0.2) is 0 Å². The number of benzene rings is 2. The van der Waals surface area contributed by atoms with Crippen molar-refractivity contribution in [2.24, 2.45) is 0 Å². The third kappa shape index (κ3) is 2.77. The van der Waals surface area contributed by atoms with Crippen LogP contribution in [0, 0.1) is 20.2 Å². The van der Waals surface area contributed by atoms with Gasteiger partial charge >= 0.3 is 0 Å². The largest absolute Gasteiger partial charge is 0.463 e. The molecule has 1 heterocycles. The van der Waals surface area contributed by atoms with E-state index in [1.807, 2.05) is 0 Å². The maximum Gasteiger partial charge on any atom is 0.270 e. The molecule has 0 aliphatic carbocycles. The first-order valence-electron chi connectivity index (χ1n) is 6.67. The van der Waals surface area contributed by atoms with Crippen LogP contribution < -0.4 is 5.32 Å². The van der Waals surface area contributed by atoms with Crippen LogP contribution in [0.1, 0.15) is 10.4 Å². The van der Waals surface area contributed by atoms with E-state index in [-0.39, 0.29) is 16.9 Å². The average Bonchev–Trinajstić information content (AvgIpc) is 2.98. The lowest BCUT2D eigenvalue weighted by Crippen LogP contribution is -2.11. The number of non-ortho nitro benzene ring substituents is 2. The number of rotatable bonds is 4. The lowest BCUT2D eigenvalue weighted by Gasteiger charge is -2.03. The van der Waals surface area contributed by atoms with E-state index >= 15 is 0 Å². The molecule has 0 saturated heterocycles. The van der Waals surface area contributed by atoms with E-state index in [1.54, 1.807) is 0 Å². The first-order valence-corrected chi connectivity index (χ1v) is 6.67. The summed E-state index contributed by atoms with van der Waals surface area (Å²) in [6.45, 7) is 0. The van der Waals surface area contributed by atoms with Gasteiger partial charge in [0.25, 0.3) is 17.3 Å². The van der Waals surface area contributed by atoms with Crippen molar-refractivity contribution >= 4 is 33.9 Å². The van der Waals surface area contributed by atoms with Gasteiger partial charge in [0.2, 0.25) is 0 Å².